The first-order valence-electron chi connectivity index (χ1n) is 2.51. The molecule has 0 heterocycles. The number of nitrogens with one attached hydrogen (secondary N) is 1. The highest BCUT2D eigenvalue weighted by Crippen LogP contribution is 1.68. The summed E-state index contributed by atoms with van der Waals surface area (Å²) in [5, 5.41) is 9.77. The lowest BCUT2D eigenvalue weighted by Gasteiger charge is -1.98. The van der Waals surface area contributed by atoms with Crippen LogP contribution in [-0.4, -0.2) is 30.2 Å². The minimum Gasteiger partial charge on any atom is -0.344 e. The van der Waals surface area contributed by atoms with Gasteiger partial charge in [-0.1, -0.05) is 0 Å². The minimum atomic E-state index is -0.929. The molecule has 0 aliphatic carbocycles. The van der Waals surface area contributed by atoms with Gasteiger partial charge in [0.15, 0.2) is 0 Å². The molecule has 0 aromatic carbocycles. The number of hydrogen-bond donors (Lipinski definition) is 3. The number of carbonyl (C=O) groups is 2. The van der Waals surface area contributed by atoms with Crippen molar-refractivity contribution in [3.05, 3.63) is 0 Å². The summed E-state index contributed by atoms with van der Waals surface area (Å²) in [5.74, 6) is -1.41. The Kier molecular flexibility index (Phi) is 4.17. The van der Waals surface area contributed by atoms with Crippen molar-refractivity contribution in [1.82, 2.24) is 5.32 Å². The first-order chi connectivity index (χ1) is 4.70. The lowest BCUT2D eigenvalue weighted by molar-refractivity contribution is -0.233. The van der Waals surface area contributed by atoms with Crippen LogP contribution in [0.1, 0.15) is 0 Å². The molecule has 0 saturated heterocycles. The second-order valence-corrected chi connectivity index (χ2v) is 1.44. The van der Waals surface area contributed by atoms with Crippen LogP contribution in [0.5, 0.6) is 0 Å². The molecule has 58 valence electrons. The third-order valence-electron chi connectivity index (χ3n) is 0.717. The van der Waals surface area contributed by atoms with Gasteiger partial charge in [0.1, 0.15) is 6.54 Å². The van der Waals surface area contributed by atoms with Gasteiger partial charge in [0.05, 0.1) is 6.54 Å². The van der Waals surface area contributed by atoms with Gasteiger partial charge < -0.3 is 11.1 Å². The van der Waals surface area contributed by atoms with Crippen molar-refractivity contribution >= 4 is 11.9 Å². The summed E-state index contributed by atoms with van der Waals surface area (Å²) in [6, 6.07) is 0. The van der Waals surface area contributed by atoms with E-state index in [0.29, 0.717) is 0 Å². The summed E-state index contributed by atoms with van der Waals surface area (Å²) < 4.78 is 0. The molecule has 0 aliphatic heterocycles. The normalized spacial score (nSPS) is 8.60. The summed E-state index contributed by atoms with van der Waals surface area (Å²) in [6.07, 6.45) is 0. The number of nitrogens with two attached hydrogens (primary N) is 1. The van der Waals surface area contributed by atoms with Gasteiger partial charge in [0.25, 0.3) is 0 Å². The number of amides is 1. The summed E-state index contributed by atoms with van der Waals surface area (Å²) in [4.78, 5) is 23.7. The summed E-state index contributed by atoms with van der Waals surface area (Å²) in [5.41, 5.74) is 4.87. The van der Waals surface area contributed by atoms with Gasteiger partial charge in [-0.15, -0.1) is 0 Å². The average Bonchev–Trinajstić information content (AvgIpc) is 1.99. The topological polar surface area (TPSA) is 102 Å². The van der Waals surface area contributed by atoms with Crippen molar-refractivity contribution in [2.24, 2.45) is 5.73 Å². The van der Waals surface area contributed by atoms with E-state index in [9.17, 15) is 9.59 Å². The molecule has 0 saturated carbocycles. The Labute approximate surface area is 56.9 Å². The molecular formula is C4H8N2O4. The molecule has 0 radical (unpaired) electrons. The van der Waals surface area contributed by atoms with Crippen LogP contribution in [-0.2, 0) is 14.5 Å². The van der Waals surface area contributed by atoms with Gasteiger partial charge in [-0.3, -0.25) is 9.68 Å². The van der Waals surface area contributed by atoms with Crippen molar-refractivity contribution in [2.75, 3.05) is 13.1 Å². The molecule has 0 spiro atoms. The molecule has 4 N–H and O–H groups in total. The molecule has 10 heavy (non-hydrogen) atoms. The van der Waals surface area contributed by atoms with E-state index in [1.54, 1.807) is 0 Å². The largest absolute Gasteiger partial charge is 0.360 e. The van der Waals surface area contributed by atoms with E-state index in [-0.39, 0.29) is 13.1 Å². The Morgan fingerprint density at radius 3 is 2.60 bits per heavy atom. The van der Waals surface area contributed by atoms with E-state index >= 15 is 0 Å². The third kappa shape index (κ3) is 3.81. The number of hydrogen-bond acceptors (Lipinski definition) is 5. The molecule has 0 atom stereocenters. The number of carbonyl (C=O) groups excluding carboxylic acids is 2. The van der Waals surface area contributed by atoms with Crippen LogP contribution in [0.25, 0.3) is 0 Å². The zero-order valence-electron chi connectivity index (χ0n) is 5.16. The zero-order valence-corrected chi connectivity index (χ0v) is 5.16. The molecule has 1 amide bonds. The Morgan fingerprint density at radius 2 is 2.20 bits per heavy atom. The maximum atomic E-state index is 10.3. The van der Waals surface area contributed by atoms with E-state index in [0.717, 1.165) is 0 Å². The predicted octanol–water partition coefficient (Wildman–Crippen LogP) is -1.92. The smallest absolute Gasteiger partial charge is 0.344 e. The maximum absolute atomic E-state index is 10.3. The average molecular weight is 148 g/mol. The van der Waals surface area contributed by atoms with E-state index < -0.39 is 11.9 Å². The Bertz CT molecular complexity index is 119. The van der Waals surface area contributed by atoms with Gasteiger partial charge >= 0.3 is 5.97 Å². The van der Waals surface area contributed by atoms with Crippen molar-refractivity contribution in [3.63, 3.8) is 0 Å². The predicted molar refractivity (Wildman–Crippen MR) is 30.8 cm³/mol. The summed E-state index contributed by atoms with van der Waals surface area (Å²) in [6.45, 7) is -0.564. The molecule has 0 aromatic rings. The second kappa shape index (κ2) is 4.71. The van der Waals surface area contributed by atoms with Crippen LogP contribution in [0.2, 0.25) is 0 Å². The molecule has 0 unspecified atom stereocenters. The van der Waals surface area contributed by atoms with Crippen LogP contribution >= 0.6 is 0 Å². The van der Waals surface area contributed by atoms with E-state index in [1.807, 2.05) is 0 Å². The van der Waals surface area contributed by atoms with E-state index in [2.05, 4.69) is 10.2 Å². The molecule has 6 nitrogen and oxygen atoms in total. The van der Waals surface area contributed by atoms with E-state index in [1.165, 1.54) is 0 Å². The third-order valence-corrected chi connectivity index (χ3v) is 0.717. The Morgan fingerprint density at radius 1 is 1.60 bits per heavy atom. The molecule has 0 bridgehead atoms. The molecule has 0 fully saturated rings. The second-order valence-electron chi connectivity index (χ2n) is 1.44. The maximum Gasteiger partial charge on any atom is 0.360 e. The van der Waals surface area contributed by atoms with Gasteiger partial charge in [0.2, 0.25) is 5.91 Å². The first-order valence-corrected chi connectivity index (χ1v) is 2.51. The molecular weight excluding hydrogens is 140 g/mol. The quantitative estimate of drug-likeness (QED) is 0.320. The molecule has 0 aliphatic rings. The Balaban J connectivity index is 3.35. The SMILES string of the molecule is NCC(=O)NCC(=O)OO. The van der Waals surface area contributed by atoms with Crippen LogP contribution < -0.4 is 11.1 Å². The summed E-state index contributed by atoms with van der Waals surface area (Å²) in [7, 11) is 0. The Hall–Kier alpha value is -1.14. The van der Waals surface area contributed by atoms with Gasteiger partial charge in [-0.05, 0) is 0 Å². The molecule has 6 heteroatoms. The first kappa shape index (κ1) is 8.86. The highest BCUT2D eigenvalue weighted by atomic mass is 17.1. The van der Waals surface area contributed by atoms with Crippen LogP contribution in [0.4, 0.5) is 0 Å². The van der Waals surface area contributed by atoms with Crippen molar-refractivity contribution in [1.29, 1.82) is 0 Å². The van der Waals surface area contributed by atoms with Crippen molar-refractivity contribution in [3.8, 4) is 0 Å². The van der Waals surface area contributed by atoms with Gasteiger partial charge in [-0.25, -0.2) is 4.79 Å². The molecule has 0 rings (SSSR count). The van der Waals surface area contributed by atoms with Crippen molar-refractivity contribution in [2.45, 2.75) is 0 Å². The molecule has 0 aromatic heterocycles. The van der Waals surface area contributed by atoms with Crippen LogP contribution in [0.3, 0.4) is 0 Å². The fourth-order valence-corrected chi connectivity index (χ4v) is 0.275. The minimum absolute atomic E-state index is 0.196. The highest BCUT2D eigenvalue weighted by Gasteiger charge is 2.02. The van der Waals surface area contributed by atoms with Gasteiger partial charge in [-0.2, -0.15) is 5.26 Å². The standard InChI is InChI=1S/C4H8N2O4/c5-1-3(7)6-2-4(8)10-9/h9H,1-2,5H2,(H,6,7). The fraction of sp³-hybridized carbons (Fsp3) is 0.500. The van der Waals surface area contributed by atoms with Gasteiger partial charge in [0, 0.05) is 0 Å². The highest BCUT2D eigenvalue weighted by molar-refractivity contribution is 5.82. The lowest BCUT2D eigenvalue weighted by Crippen LogP contribution is -2.34. The zero-order chi connectivity index (χ0) is 7.98. The van der Waals surface area contributed by atoms with E-state index in [4.69, 9.17) is 11.0 Å². The lowest BCUT2D eigenvalue weighted by atomic mass is 10.5. The number of rotatable bonds is 3. The monoisotopic (exact) mass is 148 g/mol. The van der Waals surface area contributed by atoms with Crippen LogP contribution in [0, 0.1) is 0 Å². The van der Waals surface area contributed by atoms with Crippen LogP contribution in [0.15, 0.2) is 0 Å². The fourth-order valence-electron chi connectivity index (χ4n) is 0.275. The van der Waals surface area contributed by atoms with Crippen molar-refractivity contribution < 1.29 is 19.7 Å². The summed E-state index contributed by atoms with van der Waals surface area (Å²) >= 11 is 0.